The third kappa shape index (κ3) is 2.92. The predicted molar refractivity (Wildman–Crippen MR) is 46.1 cm³/mol. The molecule has 0 aliphatic heterocycles. The molecule has 0 amide bonds. The van der Waals surface area contributed by atoms with Crippen molar-refractivity contribution >= 4 is 17.7 Å². The van der Waals surface area contributed by atoms with Crippen molar-refractivity contribution in [2.24, 2.45) is 0 Å². The zero-order valence-corrected chi connectivity index (χ0v) is 6.60. The van der Waals surface area contributed by atoms with Crippen LogP contribution >= 0.6 is 11.8 Å². The minimum absolute atomic E-state index is 1.09. The Bertz CT molecular complexity index is 293. The van der Waals surface area contributed by atoms with E-state index in [1.807, 2.05) is 30.3 Å². The van der Waals surface area contributed by atoms with Gasteiger partial charge in [0.05, 0.1) is 0 Å². The molecule has 0 aliphatic carbocycles. The van der Waals surface area contributed by atoms with Crippen LogP contribution in [0.25, 0.3) is 0 Å². The quantitative estimate of drug-likeness (QED) is 0.377. The van der Waals surface area contributed by atoms with Crippen LogP contribution in [-0.4, -0.2) is 5.94 Å². The topological polar surface area (TPSA) is 17.1 Å². The fourth-order valence-electron chi connectivity index (χ4n) is 0.621. The molecule has 54 valence electrons. The second kappa shape index (κ2) is 4.59. The molecular weight excluding hydrogens is 156 g/mol. The first kappa shape index (κ1) is 7.90. The van der Waals surface area contributed by atoms with E-state index in [4.69, 9.17) is 0 Å². The van der Waals surface area contributed by atoms with Gasteiger partial charge in [-0.2, -0.15) is 0 Å². The molecular formula is C9H6OS. The van der Waals surface area contributed by atoms with Crippen LogP contribution in [0.4, 0.5) is 0 Å². The maximum Gasteiger partial charge on any atom is 0.177 e. The summed E-state index contributed by atoms with van der Waals surface area (Å²) in [6.45, 7) is 0. The zero-order valence-electron chi connectivity index (χ0n) is 5.78. The average molecular weight is 162 g/mol. The van der Waals surface area contributed by atoms with Gasteiger partial charge in [-0.3, -0.25) is 0 Å². The summed E-state index contributed by atoms with van der Waals surface area (Å²) in [6.07, 6.45) is 0. The minimum Gasteiger partial charge on any atom is -0.224 e. The molecule has 0 spiro atoms. The van der Waals surface area contributed by atoms with Gasteiger partial charge >= 0.3 is 0 Å². The SMILES string of the molecule is O=C=C=CSc1ccccc1. The summed E-state index contributed by atoms with van der Waals surface area (Å²) in [5, 5.41) is 1.59. The number of hydrogen-bond acceptors (Lipinski definition) is 2. The molecule has 0 saturated heterocycles. The van der Waals surface area contributed by atoms with Crippen molar-refractivity contribution < 1.29 is 4.79 Å². The first-order valence-electron chi connectivity index (χ1n) is 3.09. The molecule has 0 heterocycles. The number of rotatable bonds is 2. The number of hydrogen-bond donors (Lipinski definition) is 0. The summed E-state index contributed by atoms with van der Waals surface area (Å²) in [4.78, 5) is 10.8. The van der Waals surface area contributed by atoms with Crippen LogP contribution in [0.2, 0.25) is 0 Å². The van der Waals surface area contributed by atoms with Gasteiger partial charge in [0.15, 0.2) is 5.94 Å². The highest BCUT2D eigenvalue weighted by atomic mass is 32.2. The standard InChI is InChI=1S/C9H6OS/c10-7-4-8-11-9-5-2-1-3-6-9/h1-3,5-6,8H. The van der Waals surface area contributed by atoms with Crippen LogP contribution in [0, 0.1) is 0 Å². The summed E-state index contributed by atoms with van der Waals surface area (Å²) in [5.74, 6) is 1.56. The second-order valence-electron chi connectivity index (χ2n) is 1.80. The molecule has 1 aromatic carbocycles. The van der Waals surface area contributed by atoms with Crippen molar-refractivity contribution in [3.8, 4) is 0 Å². The highest BCUT2D eigenvalue weighted by Crippen LogP contribution is 2.16. The third-order valence-electron chi connectivity index (χ3n) is 1.06. The zero-order chi connectivity index (χ0) is 7.94. The molecule has 2 heteroatoms. The van der Waals surface area contributed by atoms with Crippen molar-refractivity contribution in [3.05, 3.63) is 41.5 Å². The Morgan fingerprint density at radius 1 is 1.27 bits per heavy atom. The second-order valence-corrected chi connectivity index (χ2v) is 2.74. The molecule has 1 rings (SSSR count). The maximum absolute atomic E-state index is 9.71. The molecule has 0 unspecified atom stereocenters. The molecule has 1 aromatic rings. The van der Waals surface area contributed by atoms with E-state index in [9.17, 15) is 4.79 Å². The predicted octanol–water partition coefficient (Wildman–Crippen LogP) is 2.28. The van der Waals surface area contributed by atoms with Crippen molar-refractivity contribution in [1.29, 1.82) is 0 Å². The Balaban J connectivity index is 2.66. The van der Waals surface area contributed by atoms with E-state index >= 15 is 0 Å². The van der Waals surface area contributed by atoms with E-state index < -0.39 is 0 Å². The van der Waals surface area contributed by atoms with Gasteiger partial charge in [0.25, 0.3) is 0 Å². The summed E-state index contributed by atoms with van der Waals surface area (Å²) < 4.78 is 0. The molecule has 11 heavy (non-hydrogen) atoms. The van der Waals surface area contributed by atoms with E-state index in [0.717, 1.165) is 4.90 Å². The van der Waals surface area contributed by atoms with Gasteiger partial charge in [-0.15, -0.1) is 0 Å². The molecule has 0 saturated carbocycles. The van der Waals surface area contributed by atoms with Crippen LogP contribution in [-0.2, 0) is 4.79 Å². The largest absolute Gasteiger partial charge is 0.224 e. The van der Waals surface area contributed by atoms with Gasteiger partial charge in [-0.05, 0) is 17.9 Å². The van der Waals surface area contributed by atoms with E-state index in [1.165, 1.54) is 11.8 Å². The normalized spacial score (nSPS) is 8.00. The summed E-state index contributed by atoms with van der Waals surface area (Å²) in [7, 11) is 0. The number of thioether (sulfide) groups is 1. The van der Waals surface area contributed by atoms with Crippen molar-refractivity contribution in [2.45, 2.75) is 4.90 Å². The smallest absolute Gasteiger partial charge is 0.177 e. The third-order valence-corrected chi connectivity index (χ3v) is 1.84. The van der Waals surface area contributed by atoms with Crippen molar-refractivity contribution in [1.82, 2.24) is 0 Å². The van der Waals surface area contributed by atoms with Crippen molar-refractivity contribution in [3.63, 3.8) is 0 Å². The fraction of sp³-hybridized carbons (Fsp3) is 0. The molecule has 0 N–H and O–H groups in total. The highest BCUT2D eigenvalue weighted by Gasteiger charge is 1.84. The van der Waals surface area contributed by atoms with E-state index in [1.54, 1.807) is 11.3 Å². The maximum atomic E-state index is 9.71. The number of benzene rings is 1. The summed E-state index contributed by atoms with van der Waals surface area (Å²) in [6, 6.07) is 9.77. The van der Waals surface area contributed by atoms with E-state index in [-0.39, 0.29) is 0 Å². The number of carbonyl (C=O) groups excluding carboxylic acids is 1. The molecule has 0 aromatic heterocycles. The Kier molecular flexibility index (Phi) is 3.30. The Labute approximate surface area is 69.4 Å². The molecule has 0 radical (unpaired) electrons. The van der Waals surface area contributed by atoms with Crippen LogP contribution in [0.3, 0.4) is 0 Å². The molecule has 0 bridgehead atoms. The molecule has 1 nitrogen and oxygen atoms in total. The lowest BCUT2D eigenvalue weighted by Crippen LogP contribution is -1.62. The molecule has 0 atom stereocenters. The molecule has 0 fully saturated rings. The van der Waals surface area contributed by atoms with Gasteiger partial charge in [0, 0.05) is 10.3 Å². The lowest BCUT2D eigenvalue weighted by atomic mass is 10.4. The van der Waals surface area contributed by atoms with Crippen LogP contribution in [0.1, 0.15) is 0 Å². The van der Waals surface area contributed by atoms with Gasteiger partial charge < -0.3 is 0 Å². The van der Waals surface area contributed by atoms with E-state index in [0.29, 0.717) is 0 Å². The van der Waals surface area contributed by atoms with Crippen LogP contribution in [0.15, 0.2) is 46.4 Å². The Morgan fingerprint density at radius 2 is 2.00 bits per heavy atom. The summed E-state index contributed by atoms with van der Waals surface area (Å²) >= 11 is 1.45. The lowest BCUT2D eigenvalue weighted by Gasteiger charge is -1.90. The monoisotopic (exact) mass is 162 g/mol. The van der Waals surface area contributed by atoms with Gasteiger partial charge in [-0.25, -0.2) is 4.79 Å². The average Bonchev–Trinajstić information content (AvgIpc) is 2.07. The first-order chi connectivity index (χ1) is 5.43. The Morgan fingerprint density at radius 3 is 2.64 bits per heavy atom. The van der Waals surface area contributed by atoms with Crippen LogP contribution < -0.4 is 0 Å². The van der Waals surface area contributed by atoms with Gasteiger partial charge in [0.2, 0.25) is 0 Å². The van der Waals surface area contributed by atoms with Crippen molar-refractivity contribution in [2.75, 3.05) is 0 Å². The minimum atomic E-state index is 1.09. The first-order valence-corrected chi connectivity index (χ1v) is 3.97. The summed E-state index contributed by atoms with van der Waals surface area (Å²) in [5.41, 5.74) is 2.33. The Hall–Kier alpha value is -1.20. The molecule has 0 aliphatic rings. The van der Waals surface area contributed by atoms with E-state index in [2.05, 4.69) is 5.73 Å². The lowest BCUT2D eigenvalue weighted by molar-refractivity contribution is 0.569. The van der Waals surface area contributed by atoms with Gasteiger partial charge in [-0.1, -0.05) is 30.0 Å². The highest BCUT2D eigenvalue weighted by molar-refractivity contribution is 8.02. The van der Waals surface area contributed by atoms with Gasteiger partial charge in [0.1, 0.15) is 0 Å². The fourth-order valence-corrected chi connectivity index (χ4v) is 1.18. The van der Waals surface area contributed by atoms with Crippen LogP contribution in [0.5, 0.6) is 0 Å².